The van der Waals surface area contributed by atoms with Crippen LogP contribution in [0.1, 0.15) is 18.5 Å². The van der Waals surface area contributed by atoms with E-state index in [1.165, 1.54) is 0 Å². The topological polar surface area (TPSA) is 96.7 Å². The summed E-state index contributed by atoms with van der Waals surface area (Å²) < 4.78 is 0. The van der Waals surface area contributed by atoms with Gasteiger partial charge in [0.15, 0.2) is 0 Å². The Balaban J connectivity index is 1.98. The zero-order valence-electron chi connectivity index (χ0n) is 11.8. The van der Waals surface area contributed by atoms with Gasteiger partial charge in [-0.2, -0.15) is 4.98 Å². The molecule has 0 spiro atoms. The maximum Gasteiger partial charge on any atom is 0.253 e. The summed E-state index contributed by atoms with van der Waals surface area (Å²) in [5.41, 5.74) is 6.76. The average molecular weight is 316 g/mol. The molecule has 6 nitrogen and oxygen atoms in total. The third kappa shape index (κ3) is 2.87. The highest BCUT2D eigenvalue weighted by molar-refractivity contribution is 6.31. The number of nitrogens with zero attached hydrogens (tertiary/aromatic N) is 2. The van der Waals surface area contributed by atoms with Gasteiger partial charge in [0.2, 0.25) is 5.95 Å². The van der Waals surface area contributed by atoms with E-state index in [4.69, 9.17) is 17.3 Å². The summed E-state index contributed by atoms with van der Waals surface area (Å²) in [5, 5.41) is 4.54. The molecule has 0 saturated carbocycles. The van der Waals surface area contributed by atoms with Crippen molar-refractivity contribution in [2.45, 2.75) is 13.0 Å². The second-order valence-corrected chi connectivity index (χ2v) is 5.39. The van der Waals surface area contributed by atoms with Crippen molar-refractivity contribution in [2.24, 2.45) is 0 Å². The van der Waals surface area contributed by atoms with Gasteiger partial charge >= 0.3 is 0 Å². The maximum atomic E-state index is 12.2. The lowest BCUT2D eigenvalue weighted by atomic mass is 10.1. The Kier molecular flexibility index (Phi) is 3.68. The van der Waals surface area contributed by atoms with Crippen molar-refractivity contribution in [1.82, 2.24) is 15.0 Å². The number of benzene rings is 1. The lowest BCUT2D eigenvalue weighted by Crippen LogP contribution is -2.20. The number of pyridine rings is 1. The summed E-state index contributed by atoms with van der Waals surface area (Å²) >= 11 is 6.00. The number of aromatic amines is 1. The first-order valence-corrected chi connectivity index (χ1v) is 7.08. The molecule has 0 aliphatic rings. The zero-order valence-corrected chi connectivity index (χ0v) is 12.6. The molecule has 112 valence electrons. The number of H-pyrrole nitrogens is 1. The van der Waals surface area contributed by atoms with Crippen molar-refractivity contribution in [1.29, 1.82) is 0 Å². The van der Waals surface area contributed by atoms with Gasteiger partial charge < -0.3 is 16.0 Å². The number of aromatic nitrogens is 3. The van der Waals surface area contributed by atoms with Crippen molar-refractivity contribution in [3.05, 3.63) is 57.5 Å². The van der Waals surface area contributed by atoms with Crippen molar-refractivity contribution >= 4 is 34.3 Å². The number of nitrogens with two attached hydrogens (primary N) is 1. The predicted octanol–water partition coefficient (Wildman–Crippen LogP) is 2.73. The zero-order chi connectivity index (χ0) is 15.7. The van der Waals surface area contributed by atoms with E-state index in [0.717, 1.165) is 10.9 Å². The Morgan fingerprint density at radius 2 is 2.14 bits per heavy atom. The molecule has 3 aromatic rings. The molecule has 0 radical (unpaired) electrons. The number of rotatable bonds is 3. The monoisotopic (exact) mass is 315 g/mol. The van der Waals surface area contributed by atoms with E-state index in [9.17, 15) is 4.79 Å². The molecule has 0 aliphatic heterocycles. The maximum absolute atomic E-state index is 12.2. The number of fused-ring (bicyclic) bond motifs is 1. The standard InChI is InChI=1S/C15H14ClN5O/c1-8(19-15-18-5-4-13(17)21-15)11-7-9-6-10(16)2-3-12(9)20-14(11)22/h2-8H,1H3,(H,20,22)(H3,17,18,19,21)/t8-/m0/s1. The highest BCUT2D eigenvalue weighted by Crippen LogP contribution is 2.20. The van der Waals surface area contributed by atoms with Crippen LogP contribution in [-0.4, -0.2) is 15.0 Å². The molecule has 0 amide bonds. The summed E-state index contributed by atoms with van der Waals surface area (Å²) in [6.45, 7) is 1.85. The van der Waals surface area contributed by atoms with Crippen LogP contribution in [0.3, 0.4) is 0 Å². The van der Waals surface area contributed by atoms with Crippen molar-refractivity contribution < 1.29 is 0 Å². The first-order valence-electron chi connectivity index (χ1n) is 6.70. The summed E-state index contributed by atoms with van der Waals surface area (Å²) in [5.74, 6) is 0.738. The molecule has 0 saturated heterocycles. The van der Waals surface area contributed by atoms with E-state index < -0.39 is 0 Å². The van der Waals surface area contributed by atoms with Gasteiger partial charge in [-0.3, -0.25) is 4.79 Å². The molecule has 4 N–H and O–H groups in total. The smallest absolute Gasteiger partial charge is 0.253 e. The highest BCUT2D eigenvalue weighted by Gasteiger charge is 2.12. The molecule has 1 atom stereocenters. The SMILES string of the molecule is C[C@H](Nc1nccc(N)n1)c1cc2cc(Cl)ccc2[nH]c1=O. The second kappa shape index (κ2) is 5.65. The van der Waals surface area contributed by atoms with Crippen LogP contribution in [0, 0.1) is 0 Å². The Morgan fingerprint density at radius 3 is 2.91 bits per heavy atom. The van der Waals surface area contributed by atoms with E-state index in [2.05, 4.69) is 20.3 Å². The molecule has 0 aliphatic carbocycles. The number of nitrogen functional groups attached to an aromatic ring is 1. The lowest BCUT2D eigenvalue weighted by Gasteiger charge is -2.14. The van der Waals surface area contributed by atoms with E-state index in [1.807, 2.05) is 13.0 Å². The third-order valence-electron chi connectivity index (χ3n) is 3.32. The quantitative estimate of drug-likeness (QED) is 0.690. The van der Waals surface area contributed by atoms with Crippen LogP contribution < -0.4 is 16.6 Å². The minimum Gasteiger partial charge on any atom is -0.384 e. The van der Waals surface area contributed by atoms with Crippen LogP contribution in [0.2, 0.25) is 5.02 Å². The van der Waals surface area contributed by atoms with Gasteiger partial charge in [0.1, 0.15) is 5.82 Å². The van der Waals surface area contributed by atoms with Gasteiger partial charge in [-0.25, -0.2) is 4.98 Å². The van der Waals surface area contributed by atoms with Gasteiger partial charge in [0.05, 0.1) is 6.04 Å². The van der Waals surface area contributed by atoms with Crippen LogP contribution in [0.4, 0.5) is 11.8 Å². The average Bonchev–Trinajstić information content (AvgIpc) is 2.47. The summed E-state index contributed by atoms with van der Waals surface area (Å²) in [4.78, 5) is 23.2. The van der Waals surface area contributed by atoms with Crippen LogP contribution in [0.5, 0.6) is 0 Å². The molecule has 7 heteroatoms. The molecule has 3 rings (SSSR count). The van der Waals surface area contributed by atoms with Crippen molar-refractivity contribution in [2.75, 3.05) is 11.1 Å². The predicted molar refractivity (Wildman–Crippen MR) is 88.1 cm³/mol. The third-order valence-corrected chi connectivity index (χ3v) is 3.56. The summed E-state index contributed by atoms with van der Waals surface area (Å²) in [7, 11) is 0. The lowest BCUT2D eigenvalue weighted by molar-refractivity contribution is 0.846. The van der Waals surface area contributed by atoms with Gasteiger partial charge in [-0.15, -0.1) is 0 Å². The van der Waals surface area contributed by atoms with Crippen molar-refractivity contribution in [3.8, 4) is 0 Å². The fourth-order valence-corrected chi connectivity index (χ4v) is 2.41. The van der Waals surface area contributed by atoms with Crippen LogP contribution in [-0.2, 0) is 0 Å². The van der Waals surface area contributed by atoms with Crippen molar-refractivity contribution in [3.63, 3.8) is 0 Å². The number of anilines is 2. The first kappa shape index (κ1) is 14.3. The first-order chi connectivity index (χ1) is 10.5. The molecule has 2 aromatic heterocycles. The molecule has 0 fully saturated rings. The molecule has 1 aromatic carbocycles. The van der Waals surface area contributed by atoms with E-state index >= 15 is 0 Å². The van der Waals surface area contributed by atoms with Crippen LogP contribution >= 0.6 is 11.6 Å². The summed E-state index contributed by atoms with van der Waals surface area (Å²) in [6.07, 6.45) is 1.56. The largest absolute Gasteiger partial charge is 0.384 e. The molecule has 22 heavy (non-hydrogen) atoms. The molecule has 0 bridgehead atoms. The van der Waals surface area contributed by atoms with Crippen LogP contribution in [0.15, 0.2) is 41.3 Å². The Labute approximate surface area is 131 Å². The molecule has 0 unspecified atom stereocenters. The Morgan fingerprint density at radius 1 is 1.32 bits per heavy atom. The van der Waals surface area contributed by atoms with E-state index in [1.54, 1.807) is 30.5 Å². The minimum absolute atomic E-state index is 0.168. The van der Waals surface area contributed by atoms with Gasteiger partial charge in [-0.1, -0.05) is 11.6 Å². The fraction of sp³-hybridized carbons (Fsp3) is 0.133. The molecule has 2 heterocycles. The summed E-state index contributed by atoms with van der Waals surface area (Å²) in [6, 6.07) is 8.45. The number of hydrogen-bond donors (Lipinski definition) is 3. The van der Waals surface area contributed by atoms with Gasteiger partial charge in [0.25, 0.3) is 5.56 Å². The second-order valence-electron chi connectivity index (χ2n) is 4.96. The number of halogens is 1. The fourth-order valence-electron chi connectivity index (χ4n) is 2.23. The van der Waals surface area contributed by atoms with E-state index in [0.29, 0.717) is 22.4 Å². The van der Waals surface area contributed by atoms with E-state index in [-0.39, 0.29) is 11.6 Å². The molecular weight excluding hydrogens is 302 g/mol. The number of nitrogens with one attached hydrogen (secondary N) is 2. The molecular formula is C15H14ClN5O. The highest BCUT2D eigenvalue weighted by atomic mass is 35.5. The Bertz CT molecular complexity index is 892. The van der Waals surface area contributed by atoms with Crippen LogP contribution in [0.25, 0.3) is 10.9 Å². The number of hydrogen-bond acceptors (Lipinski definition) is 5. The normalized spacial score (nSPS) is 12.3. The van der Waals surface area contributed by atoms with Gasteiger partial charge in [0, 0.05) is 27.7 Å². The minimum atomic E-state index is -0.283. The Hall–Kier alpha value is -2.60. The van der Waals surface area contributed by atoms with Gasteiger partial charge in [-0.05, 0) is 37.3 Å².